The maximum Gasteiger partial charge on any atom is 0.269 e. The van der Waals surface area contributed by atoms with E-state index in [2.05, 4.69) is 0 Å². The third kappa shape index (κ3) is 1.64. The van der Waals surface area contributed by atoms with Gasteiger partial charge in [0.2, 0.25) is 11.8 Å². The van der Waals surface area contributed by atoms with E-state index < -0.39 is 46.4 Å². The van der Waals surface area contributed by atoms with Crippen LogP contribution in [0.4, 0.5) is 11.4 Å². The molecule has 0 radical (unpaired) electrons. The fraction of sp³-hybridized carbons (Fsp3) is 0.375. The Morgan fingerprint density at radius 1 is 1.21 bits per heavy atom. The van der Waals surface area contributed by atoms with Crippen molar-refractivity contribution in [2.45, 2.75) is 18.1 Å². The van der Waals surface area contributed by atoms with Gasteiger partial charge in [-0.1, -0.05) is 12.2 Å². The fourth-order valence-corrected chi connectivity index (χ4v) is 4.02. The Hall–Kier alpha value is -2.58. The molecule has 4 rings (SSSR count). The van der Waals surface area contributed by atoms with Crippen molar-refractivity contribution in [2.75, 3.05) is 11.5 Å². The molecule has 0 unspecified atom stereocenters. The predicted molar refractivity (Wildman–Crippen MR) is 81.0 cm³/mol. The van der Waals surface area contributed by atoms with Gasteiger partial charge < -0.3 is 9.84 Å². The number of aliphatic hydroxyl groups is 1. The Morgan fingerprint density at radius 2 is 1.83 bits per heavy atom. The van der Waals surface area contributed by atoms with E-state index in [9.17, 15) is 24.8 Å². The van der Waals surface area contributed by atoms with Crippen LogP contribution >= 0.6 is 0 Å². The summed E-state index contributed by atoms with van der Waals surface area (Å²) in [5, 5.41) is 20.5. The first-order valence-electron chi connectivity index (χ1n) is 7.47. The van der Waals surface area contributed by atoms with Gasteiger partial charge in [-0.05, 0) is 19.1 Å². The molecule has 0 spiro atoms. The summed E-state index contributed by atoms with van der Waals surface area (Å²) in [6.45, 7) is 1.32. The van der Waals surface area contributed by atoms with Gasteiger partial charge in [-0.15, -0.1) is 0 Å². The molecule has 2 bridgehead atoms. The van der Waals surface area contributed by atoms with Crippen LogP contribution in [0.2, 0.25) is 0 Å². The number of fused-ring (bicyclic) bond motifs is 5. The summed E-state index contributed by atoms with van der Waals surface area (Å²) in [7, 11) is 0. The molecule has 0 aromatic heterocycles. The predicted octanol–water partition coefficient (Wildman–Crippen LogP) is 0.790. The average Bonchev–Trinajstić information content (AvgIpc) is 3.14. The average molecular weight is 330 g/mol. The van der Waals surface area contributed by atoms with Gasteiger partial charge >= 0.3 is 0 Å². The minimum atomic E-state index is -1.18. The molecule has 8 heteroatoms. The molecular formula is C16H14N2O6. The molecule has 0 saturated carbocycles. The number of hydrogen-bond donors (Lipinski definition) is 1. The number of carbonyl (C=O) groups is 2. The summed E-state index contributed by atoms with van der Waals surface area (Å²) in [4.78, 5) is 36.9. The van der Waals surface area contributed by atoms with Crippen molar-refractivity contribution >= 4 is 23.2 Å². The van der Waals surface area contributed by atoms with Crippen LogP contribution in [0.25, 0.3) is 0 Å². The zero-order valence-electron chi connectivity index (χ0n) is 12.7. The fourth-order valence-electron chi connectivity index (χ4n) is 4.02. The topological polar surface area (TPSA) is 110 Å². The highest BCUT2D eigenvalue weighted by molar-refractivity contribution is 6.23. The van der Waals surface area contributed by atoms with Crippen molar-refractivity contribution in [3.05, 3.63) is 46.5 Å². The van der Waals surface area contributed by atoms with Crippen molar-refractivity contribution in [3.8, 4) is 0 Å². The first kappa shape index (κ1) is 15.0. The third-order valence-corrected chi connectivity index (χ3v) is 5.12. The molecule has 2 amide bonds. The molecule has 3 aliphatic heterocycles. The molecule has 24 heavy (non-hydrogen) atoms. The molecule has 3 aliphatic rings. The first-order valence-corrected chi connectivity index (χ1v) is 7.47. The number of benzene rings is 1. The van der Waals surface area contributed by atoms with E-state index in [-0.39, 0.29) is 11.4 Å². The Kier molecular flexibility index (Phi) is 2.80. The van der Waals surface area contributed by atoms with Gasteiger partial charge in [-0.3, -0.25) is 19.7 Å². The number of nitro benzene ring substituents is 1. The number of non-ortho nitro benzene ring substituents is 1. The molecule has 1 aromatic carbocycles. The highest BCUT2D eigenvalue weighted by atomic mass is 16.6. The lowest BCUT2D eigenvalue weighted by molar-refractivity contribution is -0.384. The summed E-state index contributed by atoms with van der Waals surface area (Å²) in [6.07, 6.45) is 3.37. The van der Waals surface area contributed by atoms with Gasteiger partial charge in [0.1, 0.15) is 5.60 Å². The summed E-state index contributed by atoms with van der Waals surface area (Å²) >= 11 is 0. The quantitative estimate of drug-likeness (QED) is 0.380. The molecule has 2 fully saturated rings. The lowest BCUT2D eigenvalue weighted by Gasteiger charge is -2.26. The van der Waals surface area contributed by atoms with E-state index in [4.69, 9.17) is 4.74 Å². The van der Waals surface area contributed by atoms with Crippen molar-refractivity contribution in [3.63, 3.8) is 0 Å². The lowest BCUT2D eigenvalue weighted by atomic mass is 9.73. The van der Waals surface area contributed by atoms with Crippen LogP contribution in [0.3, 0.4) is 0 Å². The minimum absolute atomic E-state index is 0.123. The number of nitrogens with zero attached hydrogens (tertiary/aromatic N) is 2. The second-order valence-corrected chi connectivity index (χ2v) is 6.47. The largest absolute Gasteiger partial charge is 0.393 e. The van der Waals surface area contributed by atoms with E-state index in [1.54, 1.807) is 19.1 Å². The molecule has 0 aliphatic carbocycles. The number of nitro groups is 1. The van der Waals surface area contributed by atoms with Crippen molar-refractivity contribution in [1.29, 1.82) is 0 Å². The van der Waals surface area contributed by atoms with Crippen molar-refractivity contribution in [2.24, 2.45) is 11.8 Å². The van der Waals surface area contributed by atoms with E-state index in [1.807, 2.05) is 0 Å². The second-order valence-electron chi connectivity index (χ2n) is 6.47. The number of aliphatic hydroxyl groups excluding tert-OH is 1. The van der Waals surface area contributed by atoms with Crippen LogP contribution in [0, 0.1) is 22.0 Å². The van der Waals surface area contributed by atoms with E-state index in [1.165, 1.54) is 24.3 Å². The normalized spacial score (nSPS) is 36.5. The van der Waals surface area contributed by atoms with Crippen molar-refractivity contribution < 1.29 is 24.4 Å². The molecule has 1 N–H and O–H groups in total. The Morgan fingerprint density at radius 3 is 2.42 bits per heavy atom. The highest BCUT2D eigenvalue weighted by Crippen LogP contribution is 2.57. The second kappa shape index (κ2) is 4.49. The maximum absolute atomic E-state index is 12.9. The number of rotatable bonds is 3. The van der Waals surface area contributed by atoms with Gasteiger partial charge in [0.05, 0.1) is 34.7 Å². The number of amides is 2. The van der Waals surface area contributed by atoms with Crippen LogP contribution in [-0.2, 0) is 14.3 Å². The van der Waals surface area contributed by atoms with E-state index in [0.717, 1.165) is 4.90 Å². The molecule has 1 aromatic rings. The van der Waals surface area contributed by atoms with Crippen LogP contribution < -0.4 is 4.90 Å². The lowest BCUT2D eigenvalue weighted by Crippen LogP contribution is -2.43. The van der Waals surface area contributed by atoms with Gasteiger partial charge in [0, 0.05) is 12.1 Å². The summed E-state index contributed by atoms with van der Waals surface area (Å²) in [5.41, 5.74) is -1.96. The van der Waals surface area contributed by atoms with Crippen LogP contribution in [0.1, 0.15) is 6.92 Å². The van der Waals surface area contributed by atoms with Gasteiger partial charge in [0.25, 0.3) is 5.69 Å². The monoisotopic (exact) mass is 330 g/mol. The first-order chi connectivity index (χ1) is 11.3. The molecule has 3 heterocycles. The number of anilines is 1. The molecular weight excluding hydrogens is 316 g/mol. The number of hydrogen-bond acceptors (Lipinski definition) is 6. The zero-order chi connectivity index (χ0) is 17.3. The minimum Gasteiger partial charge on any atom is -0.393 e. The van der Waals surface area contributed by atoms with E-state index in [0.29, 0.717) is 0 Å². The summed E-state index contributed by atoms with van der Waals surface area (Å²) in [5.74, 6) is -2.38. The Labute approximate surface area is 136 Å². The standard InChI is InChI=1S/C16H14N2O6/c1-15-6-7-16(8-19,24-15)12-11(15)13(20)17(14(12)21)9-2-4-10(5-3-9)18(22)23/h2-7,11-12,19H,8H2,1H3/t11-,12-,15-,16-/m1/s1. The summed E-state index contributed by atoms with van der Waals surface area (Å²) < 4.78 is 5.82. The smallest absolute Gasteiger partial charge is 0.269 e. The van der Waals surface area contributed by atoms with E-state index >= 15 is 0 Å². The third-order valence-electron chi connectivity index (χ3n) is 5.12. The molecule has 124 valence electrons. The Balaban J connectivity index is 1.75. The highest BCUT2D eigenvalue weighted by Gasteiger charge is 2.72. The van der Waals surface area contributed by atoms with Crippen LogP contribution in [0.5, 0.6) is 0 Å². The SMILES string of the molecule is C[C@]12C=C[C@](CO)(O1)[C@H]1C(=O)N(c3ccc([N+](=O)[O-])cc3)C(=O)[C@@H]12. The number of ether oxygens (including phenoxy) is 1. The molecule has 8 nitrogen and oxygen atoms in total. The number of imide groups is 1. The van der Waals surface area contributed by atoms with Crippen molar-refractivity contribution in [1.82, 2.24) is 0 Å². The Bertz CT molecular complexity index is 803. The number of carbonyl (C=O) groups excluding carboxylic acids is 2. The maximum atomic E-state index is 12.9. The summed E-state index contributed by atoms with van der Waals surface area (Å²) in [6, 6.07) is 5.24. The van der Waals surface area contributed by atoms with Crippen LogP contribution in [0.15, 0.2) is 36.4 Å². The zero-order valence-corrected chi connectivity index (χ0v) is 12.7. The van der Waals surface area contributed by atoms with Gasteiger partial charge in [0.15, 0.2) is 0 Å². The molecule has 4 atom stereocenters. The van der Waals surface area contributed by atoms with Gasteiger partial charge in [-0.2, -0.15) is 0 Å². The molecule has 2 saturated heterocycles. The van der Waals surface area contributed by atoms with Gasteiger partial charge in [-0.25, -0.2) is 4.90 Å². The van der Waals surface area contributed by atoms with Crippen LogP contribution in [-0.4, -0.2) is 39.7 Å².